The molecule has 4 heteroatoms. The molecule has 0 saturated carbocycles. The summed E-state index contributed by atoms with van der Waals surface area (Å²) in [5.41, 5.74) is 6.14. The molecular formula is C11H17N3O. The molecule has 1 amide bonds. The Labute approximate surface area is 89.9 Å². The number of rotatable bonds is 5. The highest BCUT2D eigenvalue weighted by Crippen LogP contribution is 2.10. The van der Waals surface area contributed by atoms with Gasteiger partial charge in [-0.05, 0) is 24.1 Å². The summed E-state index contributed by atoms with van der Waals surface area (Å²) in [6.45, 7) is 4.91. The third-order valence-electron chi connectivity index (χ3n) is 2.03. The van der Waals surface area contributed by atoms with Crippen LogP contribution in [-0.4, -0.2) is 17.4 Å². The zero-order valence-corrected chi connectivity index (χ0v) is 9.10. The average molecular weight is 207 g/mol. The lowest BCUT2D eigenvalue weighted by Gasteiger charge is -2.16. The Balaban J connectivity index is 2.71. The van der Waals surface area contributed by atoms with Crippen LogP contribution in [0.25, 0.3) is 0 Å². The second-order valence-corrected chi connectivity index (χ2v) is 3.92. The van der Waals surface area contributed by atoms with Crippen LogP contribution in [0.15, 0.2) is 24.5 Å². The van der Waals surface area contributed by atoms with E-state index in [1.807, 2.05) is 6.07 Å². The van der Waals surface area contributed by atoms with Crippen LogP contribution in [0, 0.1) is 5.92 Å². The third kappa shape index (κ3) is 3.67. The number of hydrogen-bond donors (Lipinski definition) is 2. The van der Waals surface area contributed by atoms with E-state index in [2.05, 4.69) is 24.1 Å². The number of primary amides is 1. The van der Waals surface area contributed by atoms with Gasteiger partial charge in [0, 0.05) is 12.4 Å². The average Bonchev–Trinajstić information content (AvgIpc) is 2.18. The Morgan fingerprint density at radius 2 is 2.33 bits per heavy atom. The molecule has 1 rings (SSSR count). The Morgan fingerprint density at radius 1 is 1.60 bits per heavy atom. The lowest BCUT2D eigenvalue weighted by Crippen LogP contribution is -2.35. The van der Waals surface area contributed by atoms with Crippen LogP contribution in [0.2, 0.25) is 0 Å². The summed E-state index contributed by atoms with van der Waals surface area (Å²) in [4.78, 5) is 15.2. The van der Waals surface area contributed by atoms with Crippen molar-refractivity contribution < 1.29 is 4.79 Å². The lowest BCUT2D eigenvalue weighted by atomic mass is 10.1. The molecule has 0 aliphatic heterocycles. The van der Waals surface area contributed by atoms with Gasteiger partial charge in [0.05, 0.1) is 0 Å². The molecule has 4 nitrogen and oxygen atoms in total. The van der Waals surface area contributed by atoms with E-state index in [-0.39, 0.29) is 5.91 Å². The van der Waals surface area contributed by atoms with Crippen molar-refractivity contribution in [2.24, 2.45) is 11.7 Å². The first kappa shape index (κ1) is 11.7. The molecule has 0 saturated heterocycles. The van der Waals surface area contributed by atoms with E-state index in [1.165, 1.54) is 0 Å². The van der Waals surface area contributed by atoms with Crippen LogP contribution in [0.1, 0.15) is 25.5 Å². The predicted octanol–water partition coefficient (Wildman–Crippen LogP) is 0.854. The van der Waals surface area contributed by atoms with E-state index in [0.717, 1.165) is 12.1 Å². The van der Waals surface area contributed by atoms with Crippen molar-refractivity contribution in [3.63, 3.8) is 0 Å². The van der Waals surface area contributed by atoms with Gasteiger partial charge < -0.3 is 11.1 Å². The molecule has 0 aliphatic carbocycles. The molecule has 1 atom stereocenters. The van der Waals surface area contributed by atoms with Crippen LogP contribution in [0.3, 0.4) is 0 Å². The molecule has 0 aromatic carbocycles. The van der Waals surface area contributed by atoms with Crippen LogP contribution in [0.4, 0.5) is 0 Å². The van der Waals surface area contributed by atoms with Crippen molar-refractivity contribution in [2.75, 3.05) is 6.54 Å². The standard InChI is InChI=1S/C11H17N3O/c1-8(2)6-14-10(11(12)15)9-4-3-5-13-7-9/h3-5,7-8,10,14H,6H2,1-2H3,(H2,12,15). The van der Waals surface area contributed by atoms with E-state index in [1.54, 1.807) is 18.5 Å². The summed E-state index contributed by atoms with van der Waals surface area (Å²) < 4.78 is 0. The molecule has 0 radical (unpaired) electrons. The Kier molecular flexibility index (Phi) is 4.24. The summed E-state index contributed by atoms with van der Waals surface area (Å²) in [5.74, 6) is 0.104. The maximum absolute atomic E-state index is 11.2. The maximum atomic E-state index is 11.2. The Morgan fingerprint density at radius 3 is 2.80 bits per heavy atom. The van der Waals surface area contributed by atoms with Gasteiger partial charge in [-0.25, -0.2) is 0 Å². The van der Waals surface area contributed by atoms with Crippen LogP contribution in [-0.2, 0) is 4.79 Å². The van der Waals surface area contributed by atoms with Crippen molar-refractivity contribution in [3.8, 4) is 0 Å². The number of aromatic nitrogens is 1. The highest BCUT2D eigenvalue weighted by atomic mass is 16.1. The summed E-state index contributed by atoms with van der Waals surface area (Å²) in [7, 11) is 0. The first-order valence-corrected chi connectivity index (χ1v) is 5.04. The molecule has 15 heavy (non-hydrogen) atoms. The van der Waals surface area contributed by atoms with E-state index >= 15 is 0 Å². The molecule has 82 valence electrons. The van der Waals surface area contributed by atoms with Gasteiger partial charge in [-0.15, -0.1) is 0 Å². The fourth-order valence-corrected chi connectivity index (χ4v) is 1.28. The van der Waals surface area contributed by atoms with Crippen LogP contribution >= 0.6 is 0 Å². The van der Waals surface area contributed by atoms with E-state index < -0.39 is 6.04 Å². The van der Waals surface area contributed by atoms with Crippen LogP contribution in [0.5, 0.6) is 0 Å². The number of nitrogens with one attached hydrogen (secondary N) is 1. The summed E-state index contributed by atoms with van der Waals surface area (Å²) in [6, 6.07) is 3.19. The number of pyridine rings is 1. The van der Waals surface area contributed by atoms with Gasteiger partial charge in [-0.2, -0.15) is 0 Å². The molecule has 0 bridgehead atoms. The molecule has 1 heterocycles. The minimum absolute atomic E-state index is 0.372. The first-order chi connectivity index (χ1) is 7.11. The smallest absolute Gasteiger partial charge is 0.239 e. The molecule has 0 fully saturated rings. The largest absolute Gasteiger partial charge is 0.368 e. The van der Waals surface area contributed by atoms with E-state index in [4.69, 9.17) is 5.73 Å². The molecule has 0 spiro atoms. The molecule has 1 aromatic rings. The van der Waals surface area contributed by atoms with Crippen molar-refractivity contribution in [1.82, 2.24) is 10.3 Å². The predicted molar refractivity (Wildman–Crippen MR) is 59.0 cm³/mol. The molecule has 3 N–H and O–H groups in total. The van der Waals surface area contributed by atoms with Gasteiger partial charge in [0.25, 0.3) is 0 Å². The second-order valence-electron chi connectivity index (χ2n) is 3.92. The monoisotopic (exact) mass is 207 g/mol. The van der Waals surface area contributed by atoms with Gasteiger partial charge in [0.2, 0.25) is 5.91 Å². The number of carbonyl (C=O) groups is 1. The highest BCUT2D eigenvalue weighted by molar-refractivity contribution is 5.81. The molecular weight excluding hydrogens is 190 g/mol. The maximum Gasteiger partial charge on any atom is 0.239 e. The van der Waals surface area contributed by atoms with E-state index in [0.29, 0.717) is 5.92 Å². The molecule has 0 aliphatic rings. The zero-order chi connectivity index (χ0) is 11.3. The number of hydrogen-bond acceptors (Lipinski definition) is 3. The number of carbonyl (C=O) groups excluding carboxylic acids is 1. The lowest BCUT2D eigenvalue weighted by molar-refractivity contribution is -0.120. The normalized spacial score (nSPS) is 12.7. The minimum Gasteiger partial charge on any atom is -0.368 e. The van der Waals surface area contributed by atoms with Crippen molar-refractivity contribution in [2.45, 2.75) is 19.9 Å². The summed E-state index contributed by atoms with van der Waals surface area (Å²) in [5, 5.41) is 3.12. The van der Waals surface area contributed by atoms with Gasteiger partial charge in [0.15, 0.2) is 0 Å². The number of nitrogens with two attached hydrogens (primary N) is 1. The fraction of sp³-hybridized carbons (Fsp3) is 0.455. The van der Waals surface area contributed by atoms with Gasteiger partial charge >= 0.3 is 0 Å². The van der Waals surface area contributed by atoms with Crippen molar-refractivity contribution in [3.05, 3.63) is 30.1 Å². The first-order valence-electron chi connectivity index (χ1n) is 5.04. The topological polar surface area (TPSA) is 68.0 Å². The SMILES string of the molecule is CC(C)CNC(C(N)=O)c1cccnc1. The van der Waals surface area contributed by atoms with Crippen molar-refractivity contribution in [1.29, 1.82) is 0 Å². The van der Waals surface area contributed by atoms with Gasteiger partial charge in [-0.1, -0.05) is 19.9 Å². The molecule has 1 aromatic heterocycles. The third-order valence-corrected chi connectivity index (χ3v) is 2.03. The van der Waals surface area contributed by atoms with Gasteiger partial charge in [-0.3, -0.25) is 9.78 Å². The number of nitrogens with zero attached hydrogens (tertiary/aromatic N) is 1. The highest BCUT2D eigenvalue weighted by Gasteiger charge is 2.16. The fourth-order valence-electron chi connectivity index (χ4n) is 1.28. The zero-order valence-electron chi connectivity index (χ0n) is 9.10. The van der Waals surface area contributed by atoms with Gasteiger partial charge in [0.1, 0.15) is 6.04 Å². The quantitative estimate of drug-likeness (QED) is 0.752. The number of amides is 1. The van der Waals surface area contributed by atoms with Crippen LogP contribution < -0.4 is 11.1 Å². The molecule has 1 unspecified atom stereocenters. The van der Waals surface area contributed by atoms with E-state index in [9.17, 15) is 4.79 Å². The van der Waals surface area contributed by atoms with Crippen molar-refractivity contribution >= 4 is 5.91 Å². The Hall–Kier alpha value is -1.42. The summed E-state index contributed by atoms with van der Waals surface area (Å²) >= 11 is 0. The Bertz CT molecular complexity index is 311. The second kappa shape index (κ2) is 5.46. The summed E-state index contributed by atoms with van der Waals surface area (Å²) in [6.07, 6.45) is 3.33. The minimum atomic E-state index is -0.443.